The summed E-state index contributed by atoms with van der Waals surface area (Å²) in [5.74, 6) is -0.136. The Morgan fingerprint density at radius 1 is 1.17 bits per heavy atom. The van der Waals surface area contributed by atoms with Gasteiger partial charge in [-0.2, -0.15) is 0 Å². The van der Waals surface area contributed by atoms with Crippen molar-refractivity contribution >= 4 is 12.0 Å². The summed E-state index contributed by atoms with van der Waals surface area (Å²) >= 11 is 0. The number of nitrogens with one attached hydrogen (secondary N) is 1. The topological polar surface area (TPSA) is 107 Å². The first kappa shape index (κ1) is 14.0. The van der Waals surface area contributed by atoms with Crippen LogP contribution in [0.2, 0.25) is 0 Å². The van der Waals surface area contributed by atoms with Crippen LogP contribution >= 0.6 is 0 Å². The maximum atomic E-state index is 11.5. The Labute approximate surface area is 105 Å². The molecule has 0 bridgehead atoms. The molecular formula is C12H17N3O3. The summed E-state index contributed by atoms with van der Waals surface area (Å²) in [6, 6.07) is 7.50. The Balaban J connectivity index is 2.28. The van der Waals surface area contributed by atoms with E-state index in [0.29, 0.717) is 6.54 Å². The fourth-order valence-corrected chi connectivity index (χ4v) is 1.38. The number of ether oxygens (including phenoxy) is 1. The van der Waals surface area contributed by atoms with Gasteiger partial charge in [0.25, 0.3) is 0 Å². The van der Waals surface area contributed by atoms with Crippen molar-refractivity contribution in [1.82, 2.24) is 5.32 Å². The van der Waals surface area contributed by atoms with Gasteiger partial charge in [-0.25, -0.2) is 4.79 Å². The number of hydrogen-bond acceptors (Lipinski definition) is 4. The highest BCUT2D eigenvalue weighted by Crippen LogP contribution is 2.04. The predicted molar refractivity (Wildman–Crippen MR) is 66.6 cm³/mol. The van der Waals surface area contributed by atoms with Crippen LogP contribution in [0.25, 0.3) is 0 Å². The molecule has 5 N–H and O–H groups in total. The summed E-state index contributed by atoms with van der Waals surface area (Å²) in [7, 11) is 0. The van der Waals surface area contributed by atoms with Crippen LogP contribution in [0.4, 0.5) is 4.79 Å². The van der Waals surface area contributed by atoms with Gasteiger partial charge < -0.3 is 21.5 Å². The summed E-state index contributed by atoms with van der Waals surface area (Å²) < 4.78 is 4.48. The molecule has 0 saturated carbocycles. The van der Waals surface area contributed by atoms with Gasteiger partial charge >= 0.3 is 6.09 Å². The monoisotopic (exact) mass is 251 g/mol. The number of amides is 2. The van der Waals surface area contributed by atoms with Crippen molar-refractivity contribution < 1.29 is 14.3 Å². The number of primary amides is 1. The third-order valence-electron chi connectivity index (χ3n) is 2.29. The fourth-order valence-electron chi connectivity index (χ4n) is 1.38. The molecule has 0 atom stereocenters. The van der Waals surface area contributed by atoms with E-state index >= 15 is 0 Å². The Hall–Kier alpha value is -2.08. The van der Waals surface area contributed by atoms with Gasteiger partial charge in [0.1, 0.15) is 6.61 Å². The number of hydrogen-bond donors (Lipinski definition) is 3. The minimum absolute atomic E-state index is 0.0766. The zero-order valence-corrected chi connectivity index (χ0v) is 10.0. The van der Waals surface area contributed by atoms with Crippen LogP contribution in [-0.2, 0) is 22.5 Å². The second-order valence-corrected chi connectivity index (χ2v) is 3.71. The molecule has 1 rings (SSSR count). The van der Waals surface area contributed by atoms with Gasteiger partial charge in [-0.1, -0.05) is 24.3 Å². The van der Waals surface area contributed by atoms with Crippen LogP contribution < -0.4 is 16.8 Å². The van der Waals surface area contributed by atoms with E-state index in [4.69, 9.17) is 11.5 Å². The number of benzene rings is 1. The minimum Gasteiger partial charge on any atom is -0.448 e. The smallest absolute Gasteiger partial charge is 0.404 e. The third kappa shape index (κ3) is 5.31. The molecule has 6 nitrogen and oxygen atoms in total. The largest absolute Gasteiger partial charge is 0.448 e. The molecule has 0 saturated heterocycles. The van der Waals surface area contributed by atoms with Crippen molar-refractivity contribution in [3.05, 3.63) is 35.4 Å². The third-order valence-corrected chi connectivity index (χ3v) is 2.29. The quantitative estimate of drug-likeness (QED) is 0.613. The molecule has 0 aliphatic carbocycles. The van der Waals surface area contributed by atoms with Crippen molar-refractivity contribution in [2.45, 2.75) is 13.0 Å². The van der Waals surface area contributed by atoms with Gasteiger partial charge in [0.2, 0.25) is 5.91 Å². The van der Waals surface area contributed by atoms with E-state index in [2.05, 4.69) is 10.1 Å². The van der Waals surface area contributed by atoms with E-state index in [1.807, 2.05) is 24.3 Å². The van der Waals surface area contributed by atoms with Gasteiger partial charge in [-0.05, 0) is 11.1 Å². The van der Waals surface area contributed by atoms with E-state index in [0.717, 1.165) is 11.1 Å². The average molecular weight is 251 g/mol. The molecule has 0 spiro atoms. The van der Waals surface area contributed by atoms with Crippen LogP contribution in [0.3, 0.4) is 0 Å². The van der Waals surface area contributed by atoms with Gasteiger partial charge in [-0.15, -0.1) is 0 Å². The molecule has 0 radical (unpaired) electrons. The highest BCUT2D eigenvalue weighted by atomic mass is 16.5. The van der Waals surface area contributed by atoms with Gasteiger partial charge in [-0.3, -0.25) is 4.79 Å². The lowest BCUT2D eigenvalue weighted by Gasteiger charge is -2.06. The molecule has 6 heteroatoms. The van der Waals surface area contributed by atoms with E-state index in [-0.39, 0.29) is 25.5 Å². The van der Waals surface area contributed by atoms with Crippen molar-refractivity contribution in [3.63, 3.8) is 0 Å². The molecule has 0 aliphatic heterocycles. The molecule has 0 heterocycles. The fraction of sp³-hybridized carbons (Fsp3) is 0.333. The van der Waals surface area contributed by atoms with Gasteiger partial charge in [0.05, 0.1) is 13.0 Å². The summed E-state index contributed by atoms with van der Waals surface area (Å²) in [6.45, 7) is 0.812. The Bertz CT molecular complexity index is 404. The minimum atomic E-state index is -0.846. The van der Waals surface area contributed by atoms with Crippen LogP contribution in [-0.4, -0.2) is 25.2 Å². The molecule has 98 valence electrons. The number of carbonyl (C=O) groups is 2. The standard InChI is InChI=1S/C12H17N3O3/c13-8-10-3-1-9(2-4-10)7-11(16)15-5-6-18-12(14)17/h1-4H,5-8,13H2,(H2,14,17)(H,15,16). The molecule has 0 aromatic heterocycles. The molecule has 0 aliphatic rings. The normalized spacial score (nSPS) is 9.83. The van der Waals surface area contributed by atoms with E-state index < -0.39 is 6.09 Å². The zero-order chi connectivity index (χ0) is 13.4. The van der Waals surface area contributed by atoms with Crippen molar-refractivity contribution in [2.24, 2.45) is 11.5 Å². The van der Waals surface area contributed by atoms with Crippen LogP contribution in [0.1, 0.15) is 11.1 Å². The lowest BCUT2D eigenvalue weighted by Crippen LogP contribution is -2.30. The van der Waals surface area contributed by atoms with E-state index in [1.54, 1.807) is 0 Å². The molecule has 18 heavy (non-hydrogen) atoms. The molecule has 0 fully saturated rings. The summed E-state index contributed by atoms with van der Waals surface area (Å²) in [5, 5.41) is 2.62. The first-order valence-electron chi connectivity index (χ1n) is 5.58. The van der Waals surface area contributed by atoms with E-state index in [1.165, 1.54) is 0 Å². The van der Waals surface area contributed by atoms with Crippen LogP contribution in [0, 0.1) is 0 Å². The van der Waals surface area contributed by atoms with Gasteiger partial charge in [0.15, 0.2) is 0 Å². The van der Waals surface area contributed by atoms with Crippen molar-refractivity contribution in [1.29, 1.82) is 0 Å². The number of nitrogens with two attached hydrogens (primary N) is 2. The van der Waals surface area contributed by atoms with Gasteiger partial charge in [0, 0.05) is 6.54 Å². The Kier molecular flexibility index (Phi) is 5.66. The van der Waals surface area contributed by atoms with Crippen molar-refractivity contribution in [2.75, 3.05) is 13.2 Å². The van der Waals surface area contributed by atoms with Crippen LogP contribution in [0.15, 0.2) is 24.3 Å². The first-order chi connectivity index (χ1) is 8.61. The van der Waals surface area contributed by atoms with Crippen LogP contribution in [0.5, 0.6) is 0 Å². The molecular weight excluding hydrogens is 234 g/mol. The number of carbonyl (C=O) groups excluding carboxylic acids is 2. The zero-order valence-electron chi connectivity index (χ0n) is 10.0. The average Bonchev–Trinajstić information content (AvgIpc) is 2.35. The lowest BCUT2D eigenvalue weighted by molar-refractivity contribution is -0.120. The maximum absolute atomic E-state index is 11.5. The molecule has 1 aromatic carbocycles. The van der Waals surface area contributed by atoms with Crippen molar-refractivity contribution in [3.8, 4) is 0 Å². The summed E-state index contributed by atoms with van der Waals surface area (Å²) in [5.41, 5.74) is 12.2. The summed E-state index contributed by atoms with van der Waals surface area (Å²) in [4.78, 5) is 21.8. The Morgan fingerprint density at radius 3 is 2.33 bits per heavy atom. The second-order valence-electron chi connectivity index (χ2n) is 3.71. The molecule has 2 amide bonds. The summed E-state index contributed by atoms with van der Waals surface area (Å²) in [6.07, 6.45) is -0.567. The van der Waals surface area contributed by atoms with E-state index in [9.17, 15) is 9.59 Å². The molecule has 0 unspecified atom stereocenters. The first-order valence-corrected chi connectivity index (χ1v) is 5.58. The Morgan fingerprint density at radius 2 is 1.78 bits per heavy atom. The predicted octanol–water partition coefficient (Wildman–Crippen LogP) is -0.101. The highest BCUT2D eigenvalue weighted by molar-refractivity contribution is 5.78. The lowest BCUT2D eigenvalue weighted by atomic mass is 10.1. The molecule has 1 aromatic rings. The SMILES string of the molecule is NCc1ccc(CC(=O)NCCOC(N)=O)cc1. The second kappa shape index (κ2) is 7.29. The maximum Gasteiger partial charge on any atom is 0.404 e. The number of rotatable bonds is 6. The highest BCUT2D eigenvalue weighted by Gasteiger charge is 2.03.